The second-order valence-corrected chi connectivity index (χ2v) is 9.29. The van der Waals surface area contributed by atoms with E-state index in [2.05, 4.69) is 16.0 Å². The topological polar surface area (TPSA) is 106 Å². The number of methoxy groups -OCH3 is 1. The molecule has 1 aromatic carbocycles. The zero-order chi connectivity index (χ0) is 23.9. The van der Waals surface area contributed by atoms with Crippen molar-refractivity contribution in [1.82, 2.24) is 10.6 Å². The van der Waals surface area contributed by atoms with Crippen molar-refractivity contribution in [3.8, 4) is 11.5 Å². The van der Waals surface area contributed by atoms with Crippen molar-refractivity contribution in [3.05, 3.63) is 40.3 Å². The highest BCUT2D eigenvalue weighted by molar-refractivity contribution is 7.18. The zero-order valence-corrected chi connectivity index (χ0v) is 20.2. The number of benzene rings is 1. The first-order valence-corrected chi connectivity index (χ1v) is 11.1. The van der Waals surface area contributed by atoms with Crippen molar-refractivity contribution >= 4 is 34.1 Å². The van der Waals surface area contributed by atoms with E-state index < -0.39 is 5.41 Å². The van der Waals surface area contributed by atoms with E-state index in [9.17, 15) is 14.4 Å². The Labute approximate surface area is 192 Å². The number of amides is 3. The molecule has 0 saturated heterocycles. The van der Waals surface area contributed by atoms with Crippen LogP contribution in [0.15, 0.2) is 24.3 Å². The van der Waals surface area contributed by atoms with Gasteiger partial charge in [0.1, 0.15) is 0 Å². The Morgan fingerprint density at radius 1 is 1.06 bits per heavy atom. The molecule has 8 nitrogen and oxygen atoms in total. The molecule has 0 aliphatic heterocycles. The van der Waals surface area contributed by atoms with Crippen LogP contribution in [0.3, 0.4) is 0 Å². The SMILES string of the molecule is CCNC(=O)COc1ccc(CNC(=O)c2sc(NC(=O)C(C)(C)C)cc2C)cc1OC. The molecule has 0 saturated carbocycles. The predicted octanol–water partition coefficient (Wildman–Crippen LogP) is 3.49. The van der Waals surface area contributed by atoms with Gasteiger partial charge in [-0.15, -0.1) is 11.3 Å². The van der Waals surface area contributed by atoms with Gasteiger partial charge in [0.2, 0.25) is 5.91 Å². The van der Waals surface area contributed by atoms with Crippen LogP contribution in [0.2, 0.25) is 0 Å². The Hall–Kier alpha value is -3.07. The lowest BCUT2D eigenvalue weighted by Crippen LogP contribution is -2.28. The zero-order valence-electron chi connectivity index (χ0n) is 19.4. The predicted molar refractivity (Wildman–Crippen MR) is 125 cm³/mol. The minimum atomic E-state index is -0.519. The number of carbonyl (C=O) groups excluding carboxylic acids is 3. The summed E-state index contributed by atoms with van der Waals surface area (Å²) >= 11 is 1.24. The Balaban J connectivity index is 2.00. The third-order valence-corrected chi connectivity index (χ3v) is 5.61. The van der Waals surface area contributed by atoms with Crippen molar-refractivity contribution in [2.45, 2.75) is 41.2 Å². The largest absolute Gasteiger partial charge is 0.493 e. The fourth-order valence-electron chi connectivity index (χ4n) is 2.66. The van der Waals surface area contributed by atoms with Crippen LogP contribution in [-0.4, -0.2) is 38.0 Å². The van der Waals surface area contributed by atoms with E-state index in [0.29, 0.717) is 27.9 Å². The van der Waals surface area contributed by atoms with E-state index in [1.165, 1.54) is 18.4 Å². The van der Waals surface area contributed by atoms with Crippen molar-refractivity contribution in [3.63, 3.8) is 0 Å². The maximum absolute atomic E-state index is 12.7. The summed E-state index contributed by atoms with van der Waals surface area (Å²) in [5.74, 6) is 0.379. The molecule has 32 heavy (non-hydrogen) atoms. The lowest BCUT2D eigenvalue weighted by Gasteiger charge is -2.16. The number of hydrogen-bond donors (Lipinski definition) is 3. The first-order chi connectivity index (χ1) is 15.0. The third kappa shape index (κ3) is 6.98. The van der Waals surface area contributed by atoms with Crippen LogP contribution in [-0.2, 0) is 16.1 Å². The summed E-state index contributed by atoms with van der Waals surface area (Å²) in [6.45, 7) is 9.89. The summed E-state index contributed by atoms with van der Waals surface area (Å²) in [5.41, 5.74) is 1.09. The molecule has 0 atom stereocenters. The maximum atomic E-state index is 12.7. The molecule has 0 aliphatic carbocycles. The molecule has 0 aliphatic rings. The van der Waals surface area contributed by atoms with Crippen LogP contribution in [0, 0.1) is 12.3 Å². The fourth-order valence-corrected chi connectivity index (χ4v) is 3.65. The first kappa shape index (κ1) is 25.2. The van der Waals surface area contributed by atoms with Crippen LogP contribution in [0.25, 0.3) is 0 Å². The lowest BCUT2D eigenvalue weighted by atomic mass is 9.96. The highest BCUT2D eigenvalue weighted by atomic mass is 32.1. The van der Waals surface area contributed by atoms with Gasteiger partial charge >= 0.3 is 0 Å². The number of anilines is 1. The number of aryl methyl sites for hydroxylation is 1. The molecule has 2 rings (SSSR count). The van der Waals surface area contributed by atoms with Crippen molar-refractivity contribution in [2.75, 3.05) is 25.6 Å². The fraction of sp³-hybridized carbons (Fsp3) is 0.435. The summed E-state index contributed by atoms with van der Waals surface area (Å²) in [6, 6.07) is 7.05. The molecular weight excluding hydrogens is 430 g/mol. The van der Waals surface area contributed by atoms with Gasteiger partial charge in [0.25, 0.3) is 11.8 Å². The Kier molecular flexibility index (Phi) is 8.65. The number of hydrogen-bond acceptors (Lipinski definition) is 6. The number of carbonyl (C=O) groups is 3. The van der Waals surface area contributed by atoms with E-state index in [4.69, 9.17) is 9.47 Å². The van der Waals surface area contributed by atoms with E-state index in [1.807, 2.05) is 34.6 Å². The second-order valence-electron chi connectivity index (χ2n) is 8.24. The summed E-state index contributed by atoms with van der Waals surface area (Å²) in [7, 11) is 1.51. The van der Waals surface area contributed by atoms with Gasteiger partial charge in [-0.1, -0.05) is 26.8 Å². The van der Waals surface area contributed by atoms with Gasteiger partial charge in [-0.3, -0.25) is 14.4 Å². The van der Waals surface area contributed by atoms with Crippen LogP contribution in [0.1, 0.15) is 48.5 Å². The molecular formula is C23H31N3O5S. The van der Waals surface area contributed by atoms with Gasteiger partial charge < -0.3 is 25.4 Å². The highest BCUT2D eigenvalue weighted by Gasteiger charge is 2.23. The molecule has 2 aromatic rings. The molecule has 1 aromatic heterocycles. The second kappa shape index (κ2) is 11.0. The van der Waals surface area contributed by atoms with Crippen molar-refractivity contribution in [2.24, 2.45) is 5.41 Å². The van der Waals surface area contributed by atoms with Crippen molar-refractivity contribution in [1.29, 1.82) is 0 Å². The molecule has 9 heteroatoms. The highest BCUT2D eigenvalue weighted by Crippen LogP contribution is 2.30. The van der Waals surface area contributed by atoms with Gasteiger partial charge in [-0.05, 0) is 43.2 Å². The van der Waals surface area contributed by atoms with E-state index in [1.54, 1.807) is 24.3 Å². The van der Waals surface area contributed by atoms with Crippen LogP contribution >= 0.6 is 11.3 Å². The third-order valence-electron chi connectivity index (χ3n) is 4.46. The van der Waals surface area contributed by atoms with E-state index in [-0.39, 0.29) is 30.9 Å². The van der Waals surface area contributed by atoms with Crippen LogP contribution < -0.4 is 25.4 Å². The summed E-state index contributed by atoms with van der Waals surface area (Å²) < 4.78 is 10.9. The maximum Gasteiger partial charge on any atom is 0.261 e. The first-order valence-electron chi connectivity index (χ1n) is 10.3. The molecule has 3 N–H and O–H groups in total. The average Bonchev–Trinajstić information content (AvgIpc) is 3.10. The number of rotatable bonds is 9. The van der Waals surface area contributed by atoms with E-state index in [0.717, 1.165) is 11.1 Å². The average molecular weight is 462 g/mol. The molecule has 3 amide bonds. The summed E-state index contributed by atoms with van der Waals surface area (Å²) in [6.07, 6.45) is 0. The monoisotopic (exact) mass is 461 g/mol. The quantitative estimate of drug-likeness (QED) is 0.530. The van der Waals surface area contributed by atoms with Gasteiger partial charge in [0.05, 0.1) is 17.0 Å². The lowest BCUT2D eigenvalue weighted by molar-refractivity contribution is -0.123. The molecule has 0 fully saturated rings. The molecule has 1 heterocycles. The van der Waals surface area contributed by atoms with Gasteiger partial charge in [0, 0.05) is 18.5 Å². The minimum absolute atomic E-state index is 0.104. The Bertz CT molecular complexity index is 978. The minimum Gasteiger partial charge on any atom is -0.493 e. The summed E-state index contributed by atoms with van der Waals surface area (Å²) in [4.78, 5) is 37.0. The molecule has 0 spiro atoms. The molecule has 0 unspecified atom stereocenters. The summed E-state index contributed by atoms with van der Waals surface area (Å²) in [5, 5.41) is 9.05. The number of likely N-dealkylation sites (N-methyl/N-ethyl adjacent to an activating group) is 1. The standard InChI is InChI=1S/C23H31N3O5S/c1-7-24-18(27)13-31-16-9-8-15(11-17(16)30-6)12-25-21(28)20-14(2)10-19(32-20)26-22(29)23(3,4)5/h8-11H,7,12-13H2,1-6H3,(H,24,27)(H,25,28)(H,26,29). The van der Waals surface area contributed by atoms with Crippen molar-refractivity contribution < 1.29 is 23.9 Å². The van der Waals surface area contributed by atoms with Gasteiger partial charge in [0.15, 0.2) is 18.1 Å². The number of ether oxygens (including phenoxy) is 2. The number of nitrogens with one attached hydrogen (secondary N) is 3. The number of thiophene rings is 1. The smallest absolute Gasteiger partial charge is 0.261 e. The van der Waals surface area contributed by atoms with Gasteiger partial charge in [-0.25, -0.2) is 0 Å². The molecule has 0 radical (unpaired) electrons. The molecule has 0 bridgehead atoms. The Morgan fingerprint density at radius 3 is 2.41 bits per heavy atom. The van der Waals surface area contributed by atoms with E-state index >= 15 is 0 Å². The molecule has 174 valence electrons. The van der Waals surface area contributed by atoms with Crippen LogP contribution in [0.5, 0.6) is 11.5 Å². The van der Waals surface area contributed by atoms with Crippen LogP contribution in [0.4, 0.5) is 5.00 Å². The van der Waals surface area contributed by atoms with Gasteiger partial charge in [-0.2, -0.15) is 0 Å². The normalized spacial score (nSPS) is 10.9. The Morgan fingerprint density at radius 2 is 1.78 bits per heavy atom.